The second-order valence-electron chi connectivity index (χ2n) is 5.60. The van der Waals surface area contributed by atoms with Crippen molar-refractivity contribution in [3.63, 3.8) is 0 Å². The standard InChI is InChI=1S/C18H18FNO2/c1-13(11-14-5-2-3-6-16(14)19)18(21)20-9-8-15(12-20)17-7-4-10-22-17/h2-7,10-11,15H,8-9,12H2,1H3/b13-11+. The van der Waals surface area contributed by atoms with Gasteiger partial charge in [0.1, 0.15) is 11.6 Å². The number of carbonyl (C=O) groups excluding carboxylic acids is 1. The third-order valence-corrected chi connectivity index (χ3v) is 4.04. The quantitative estimate of drug-likeness (QED) is 0.807. The summed E-state index contributed by atoms with van der Waals surface area (Å²) in [7, 11) is 0. The van der Waals surface area contributed by atoms with Crippen LogP contribution in [-0.2, 0) is 4.79 Å². The van der Waals surface area contributed by atoms with Crippen LogP contribution < -0.4 is 0 Å². The number of benzene rings is 1. The zero-order valence-corrected chi connectivity index (χ0v) is 12.5. The second-order valence-corrected chi connectivity index (χ2v) is 5.60. The highest BCUT2D eigenvalue weighted by atomic mass is 19.1. The van der Waals surface area contributed by atoms with Crippen molar-refractivity contribution in [2.45, 2.75) is 19.3 Å². The maximum absolute atomic E-state index is 13.7. The number of halogens is 1. The molecular formula is C18H18FNO2. The Hall–Kier alpha value is -2.36. The molecule has 2 aromatic rings. The van der Waals surface area contributed by atoms with E-state index >= 15 is 0 Å². The first-order valence-corrected chi connectivity index (χ1v) is 7.40. The summed E-state index contributed by atoms with van der Waals surface area (Å²) in [5.41, 5.74) is 0.986. The van der Waals surface area contributed by atoms with Gasteiger partial charge in [0, 0.05) is 30.1 Å². The zero-order valence-electron chi connectivity index (χ0n) is 12.5. The van der Waals surface area contributed by atoms with E-state index in [4.69, 9.17) is 4.42 Å². The van der Waals surface area contributed by atoms with Crippen molar-refractivity contribution in [2.24, 2.45) is 0 Å². The molecule has 1 saturated heterocycles. The number of rotatable bonds is 3. The molecule has 1 aliphatic rings. The maximum Gasteiger partial charge on any atom is 0.249 e. The number of likely N-dealkylation sites (tertiary alicyclic amines) is 1. The SMILES string of the molecule is C/C(=C\c1ccccc1F)C(=O)N1CCC(c2ccco2)C1. The van der Waals surface area contributed by atoms with E-state index in [-0.39, 0.29) is 17.6 Å². The summed E-state index contributed by atoms with van der Waals surface area (Å²) < 4.78 is 19.1. The number of amides is 1. The summed E-state index contributed by atoms with van der Waals surface area (Å²) in [4.78, 5) is 14.3. The van der Waals surface area contributed by atoms with E-state index in [1.807, 2.05) is 12.1 Å². The van der Waals surface area contributed by atoms with Crippen molar-refractivity contribution in [3.8, 4) is 0 Å². The summed E-state index contributed by atoms with van der Waals surface area (Å²) in [6.45, 7) is 3.08. The van der Waals surface area contributed by atoms with Gasteiger partial charge in [-0.15, -0.1) is 0 Å². The van der Waals surface area contributed by atoms with Gasteiger partial charge in [0.15, 0.2) is 0 Å². The summed E-state index contributed by atoms with van der Waals surface area (Å²) in [6.07, 6.45) is 4.16. The Morgan fingerprint density at radius 1 is 1.32 bits per heavy atom. The molecule has 2 heterocycles. The third kappa shape index (κ3) is 2.96. The number of hydrogen-bond donors (Lipinski definition) is 0. The molecule has 1 aromatic heterocycles. The minimum Gasteiger partial charge on any atom is -0.469 e. The maximum atomic E-state index is 13.7. The van der Waals surface area contributed by atoms with Crippen LogP contribution in [0.4, 0.5) is 4.39 Å². The molecule has 1 unspecified atom stereocenters. The van der Waals surface area contributed by atoms with E-state index in [1.54, 1.807) is 42.4 Å². The lowest BCUT2D eigenvalue weighted by Gasteiger charge is -2.16. The summed E-state index contributed by atoms with van der Waals surface area (Å²) in [6, 6.07) is 10.3. The molecule has 22 heavy (non-hydrogen) atoms. The fraction of sp³-hybridized carbons (Fsp3) is 0.278. The van der Waals surface area contributed by atoms with Gasteiger partial charge >= 0.3 is 0 Å². The predicted molar refractivity (Wildman–Crippen MR) is 82.7 cm³/mol. The molecule has 0 saturated carbocycles. The Kier molecular flexibility index (Phi) is 4.09. The van der Waals surface area contributed by atoms with Crippen molar-refractivity contribution < 1.29 is 13.6 Å². The third-order valence-electron chi connectivity index (χ3n) is 4.04. The van der Waals surface area contributed by atoms with Gasteiger partial charge in [-0.05, 0) is 37.6 Å². The fourth-order valence-corrected chi connectivity index (χ4v) is 2.84. The number of furan rings is 1. The fourth-order valence-electron chi connectivity index (χ4n) is 2.84. The van der Waals surface area contributed by atoms with Crippen LogP contribution in [0.15, 0.2) is 52.7 Å². The molecule has 0 spiro atoms. The minimum absolute atomic E-state index is 0.0442. The van der Waals surface area contributed by atoms with E-state index in [1.165, 1.54) is 6.07 Å². The van der Waals surface area contributed by atoms with E-state index in [0.717, 1.165) is 12.2 Å². The van der Waals surface area contributed by atoms with Gasteiger partial charge in [-0.2, -0.15) is 0 Å². The Balaban J connectivity index is 1.71. The first-order valence-electron chi connectivity index (χ1n) is 7.40. The number of nitrogens with zero attached hydrogens (tertiary/aromatic N) is 1. The highest BCUT2D eigenvalue weighted by Gasteiger charge is 2.29. The van der Waals surface area contributed by atoms with Gasteiger partial charge in [0.05, 0.1) is 6.26 Å². The molecule has 1 aromatic carbocycles. The van der Waals surface area contributed by atoms with Crippen LogP contribution >= 0.6 is 0 Å². The van der Waals surface area contributed by atoms with Crippen LogP contribution in [0, 0.1) is 5.82 Å². The van der Waals surface area contributed by atoms with Crippen molar-refractivity contribution in [2.75, 3.05) is 13.1 Å². The molecule has 3 nitrogen and oxygen atoms in total. The van der Waals surface area contributed by atoms with E-state index < -0.39 is 0 Å². The first kappa shape index (κ1) is 14.6. The molecule has 0 aliphatic carbocycles. The molecule has 3 rings (SSSR count). The van der Waals surface area contributed by atoms with Crippen molar-refractivity contribution in [1.29, 1.82) is 0 Å². The van der Waals surface area contributed by atoms with Crippen LogP contribution in [0.2, 0.25) is 0 Å². The van der Waals surface area contributed by atoms with Crippen LogP contribution in [-0.4, -0.2) is 23.9 Å². The summed E-state index contributed by atoms with van der Waals surface area (Å²) in [5.74, 6) is 0.813. The van der Waals surface area contributed by atoms with Gasteiger partial charge in [-0.25, -0.2) is 4.39 Å². The van der Waals surface area contributed by atoms with Crippen molar-refractivity contribution >= 4 is 12.0 Å². The normalized spacial score (nSPS) is 18.7. The van der Waals surface area contributed by atoms with E-state index in [0.29, 0.717) is 24.2 Å². The van der Waals surface area contributed by atoms with Crippen LogP contribution in [0.5, 0.6) is 0 Å². The number of hydrogen-bond acceptors (Lipinski definition) is 2. The minimum atomic E-state index is -0.315. The second kappa shape index (κ2) is 6.18. The summed E-state index contributed by atoms with van der Waals surface area (Å²) >= 11 is 0. The molecule has 0 N–H and O–H groups in total. The Morgan fingerprint density at radius 3 is 2.86 bits per heavy atom. The monoisotopic (exact) mass is 299 g/mol. The van der Waals surface area contributed by atoms with Gasteiger partial charge in [0.2, 0.25) is 5.91 Å². The smallest absolute Gasteiger partial charge is 0.249 e. The molecule has 1 fully saturated rings. The topological polar surface area (TPSA) is 33.5 Å². The first-order chi connectivity index (χ1) is 10.6. The van der Waals surface area contributed by atoms with Gasteiger partial charge in [-0.1, -0.05) is 18.2 Å². The Morgan fingerprint density at radius 2 is 2.14 bits per heavy atom. The highest BCUT2D eigenvalue weighted by molar-refractivity contribution is 5.97. The molecule has 0 radical (unpaired) electrons. The average molecular weight is 299 g/mol. The van der Waals surface area contributed by atoms with Crippen LogP contribution in [0.3, 0.4) is 0 Å². The zero-order chi connectivity index (χ0) is 15.5. The molecule has 4 heteroatoms. The average Bonchev–Trinajstić information content (AvgIpc) is 3.19. The van der Waals surface area contributed by atoms with Gasteiger partial charge in [-0.3, -0.25) is 4.79 Å². The highest BCUT2D eigenvalue weighted by Crippen LogP contribution is 2.28. The summed E-state index contributed by atoms with van der Waals surface area (Å²) in [5, 5.41) is 0. The molecular weight excluding hydrogens is 281 g/mol. The molecule has 0 bridgehead atoms. The van der Waals surface area contributed by atoms with Crippen LogP contribution in [0.25, 0.3) is 6.08 Å². The molecule has 114 valence electrons. The predicted octanol–water partition coefficient (Wildman–Crippen LogP) is 3.84. The Bertz CT molecular complexity index is 691. The largest absolute Gasteiger partial charge is 0.469 e. The molecule has 1 aliphatic heterocycles. The Labute approximate surface area is 129 Å². The van der Waals surface area contributed by atoms with E-state index in [9.17, 15) is 9.18 Å². The molecule has 1 atom stereocenters. The van der Waals surface area contributed by atoms with E-state index in [2.05, 4.69) is 0 Å². The molecule has 1 amide bonds. The van der Waals surface area contributed by atoms with Crippen LogP contribution in [0.1, 0.15) is 30.6 Å². The number of carbonyl (C=O) groups is 1. The lowest BCUT2D eigenvalue weighted by Crippen LogP contribution is -2.29. The van der Waals surface area contributed by atoms with Crippen molar-refractivity contribution in [3.05, 3.63) is 65.4 Å². The van der Waals surface area contributed by atoms with Gasteiger partial charge in [0.25, 0.3) is 0 Å². The lowest BCUT2D eigenvalue weighted by atomic mass is 10.1. The van der Waals surface area contributed by atoms with Crippen molar-refractivity contribution in [1.82, 2.24) is 4.90 Å². The lowest BCUT2D eigenvalue weighted by molar-refractivity contribution is -0.126. The van der Waals surface area contributed by atoms with Gasteiger partial charge < -0.3 is 9.32 Å².